The Balaban J connectivity index is 1.79. The van der Waals surface area contributed by atoms with Crippen LogP contribution in [0.5, 0.6) is 17.2 Å². The van der Waals surface area contributed by atoms with Crippen molar-refractivity contribution in [3.8, 4) is 28.5 Å². The Bertz CT molecular complexity index is 846. The maximum absolute atomic E-state index is 10.4. The Kier molecular flexibility index (Phi) is 5.46. The van der Waals surface area contributed by atoms with E-state index in [0.717, 1.165) is 36.8 Å². The zero-order valence-electron chi connectivity index (χ0n) is 14.9. The van der Waals surface area contributed by atoms with E-state index in [0.29, 0.717) is 17.8 Å². The van der Waals surface area contributed by atoms with Gasteiger partial charge in [0.1, 0.15) is 17.2 Å². The van der Waals surface area contributed by atoms with Gasteiger partial charge in [-0.3, -0.25) is 4.68 Å². The molecule has 1 aromatic heterocycles. The summed E-state index contributed by atoms with van der Waals surface area (Å²) >= 11 is 0. The van der Waals surface area contributed by atoms with Gasteiger partial charge >= 0.3 is 0 Å². The molecule has 0 radical (unpaired) electrons. The predicted octanol–water partition coefficient (Wildman–Crippen LogP) is 4.45. The lowest BCUT2D eigenvalue weighted by atomic mass is 10.0. The van der Waals surface area contributed by atoms with Crippen molar-refractivity contribution < 1.29 is 15.3 Å². The fraction of sp³-hybridized carbons (Fsp3) is 0.286. The number of phenolic OH excluding ortho intramolecular Hbond substituents is 3. The van der Waals surface area contributed by atoms with E-state index in [9.17, 15) is 15.3 Å². The molecule has 0 unspecified atom stereocenters. The summed E-state index contributed by atoms with van der Waals surface area (Å²) in [6.07, 6.45) is 5.94. The van der Waals surface area contributed by atoms with Crippen LogP contribution in [0.25, 0.3) is 11.3 Å². The highest BCUT2D eigenvalue weighted by Gasteiger charge is 2.15. The average molecular weight is 352 g/mol. The molecular formula is C21H24N2O3. The number of hydrogen-bond acceptors (Lipinski definition) is 4. The van der Waals surface area contributed by atoms with Gasteiger partial charge in [-0.25, -0.2) is 0 Å². The topological polar surface area (TPSA) is 78.5 Å². The van der Waals surface area contributed by atoms with E-state index in [1.54, 1.807) is 41.2 Å². The van der Waals surface area contributed by atoms with Crippen LogP contribution in [0.1, 0.15) is 37.3 Å². The van der Waals surface area contributed by atoms with Crippen molar-refractivity contribution >= 4 is 0 Å². The molecule has 0 atom stereocenters. The molecular weight excluding hydrogens is 328 g/mol. The third kappa shape index (κ3) is 4.17. The number of nitrogens with zero attached hydrogens (tertiary/aromatic N) is 2. The van der Waals surface area contributed by atoms with E-state index in [2.05, 4.69) is 12.0 Å². The van der Waals surface area contributed by atoms with E-state index in [1.807, 2.05) is 12.1 Å². The molecule has 5 nitrogen and oxygen atoms in total. The van der Waals surface area contributed by atoms with Gasteiger partial charge < -0.3 is 15.3 Å². The van der Waals surface area contributed by atoms with Gasteiger partial charge in [0.2, 0.25) is 0 Å². The molecule has 0 saturated heterocycles. The summed E-state index contributed by atoms with van der Waals surface area (Å²) in [6.45, 7) is 2.68. The summed E-state index contributed by atoms with van der Waals surface area (Å²) in [5.41, 5.74) is 2.81. The van der Waals surface area contributed by atoms with E-state index < -0.39 is 0 Å². The monoisotopic (exact) mass is 352 g/mol. The second kappa shape index (κ2) is 7.95. The lowest BCUT2D eigenvalue weighted by Crippen LogP contribution is -2.00. The molecule has 1 heterocycles. The molecule has 5 heteroatoms. The van der Waals surface area contributed by atoms with E-state index in [-0.39, 0.29) is 17.2 Å². The lowest BCUT2D eigenvalue weighted by molar-refractivity contribution is 0.452. The number of unbranched alkanes of at least 4 members (excludes halogenated alkanes) is 2. The lowest BCUT2D eigenvalue weighted by Gasteiger charge is -2.09. The number of aryl methyl sites for hydroxylation is 1. The molecule has 0 spiro atoms. The molecule has 0 saturated carbocycles. The number of aromatic nitrogens is 2. The molecule has 0 amide bonds. The summed E-state index contributed by atoms with van der Waals surface area (Å²) in [6, 6.07) is 12.1. The first-order valence-corrected chi connectivity index (χ1v) is 8.93. The standard InChI is InChI=1S/C21H24N2O3/c1-2-3-4-5-16-12-19(25)21(20(26)13-16)18-10-11-23(22-18)14-15-6-8-17(24)9-7-15/h6-13,24-26H,2-5,14H2,1H3. The number of aromatic hydroxyl groups is 3. The van der Waals surface area contributed by atoms with Crippen LogP contribution in [-0.4, -0.2) is 25.1 Å². The molecule has 0 aliphatic carbocycles. The second-order valence-corrected chi connectivity index (χ2v) is 6.53. The summed E-state index contributed by atoms with van der Waals surface area (Å²) < 4.78 is 1.73. The van der Waals surface area contributed by atoms with Crippen LogP contribution in [0.15, 0.2) is 48.7 Å². The Labute approximate surface area is 153 Å². The van der Waals surface area contributed by atoms with Crippen molar-refractivity contribution in [1.29, 1.82) is 0 Å². The van der Waals surface area contributed by atoms with Gasteiger partial charge in [-0.1, -0.05) is 31.9 Å². The first-order valence-electron chi connectivity index (χ1n) is 8.93. The van der Waals surface area contributed by atoms with Crippen molar-refractivity contribution in [3.05, 3.63) is 59.8 Å². The largest absolute Gasteiger partial charge is 0.508 e. The number of rotatable bonds is 7. The second-order valence-electron chi connectivity index (χ2n) is 6.53. The highest BCUT2D eigenvalue weighted by molar-refractivity contribution is 5.74. The van der Waals surface area contributed by atoms with Crippen LogP contribution < -0.4 is 0 Å². The number of benzene rings is 2. The molecule has 3 N–H and O–H groups in total. The van der Waals surface area contributed by atoms with Gasteiger partial charge in [-0.15, -0.1) is 0 Å². The zero-order valence-corrected chi connectivity index (χ0v) is 14.9. The highest BCUT2D eigenvalue weighted by atomic mass is 16.3. The van der Waals surface area contributed by atoms with Gasteiger partial charge in [-0.2, -0.15) is 5.10 Å². The third-order valence-corrected chi connectivity index (χ3v) is 4.40. The van der Waals surface area contributed by atoms with Crippen LogP contribution >= 0.6 is 0 Å². The van der Waals surface area contributed by atoms with Crippen molar-refractivity contribution in [2.75, 3.05) is 0 Å². The van der Waals surface area contributed by atoms with E-state index >= 15 is 0 Å². The van der Waals surface area contributed by atoms with Gasteiger partial charge in [-0.05, 0) is 54.3 Å². The molecule has 26 heavy (non-hydrogen) atoms. The normalized spacial score (nSPS) is 11.0. The van der Waals surface area contributed by atoms with Gasteiger partial charge in [0.25, 0.3) is 0 Å². The molecule has 136 valence electrons. The van der Waals surface area contributed by atoms with Crippen LogP contribution in [0.3, 0.4) is 0 Å². The minimum atomic E-state index is 0.0476. The Hall–Kier alpha value is -2.95. The Morgan fingerprint density at radius 3 is 2.23 bits per heavy atom. The third-order valence-electron chi connectivity index (χ3n) is 4.40. The number of phenols is 3. The Morgan fingerprint density at radius 2 is 1.58 bits per heavy atom. The summed E-state index contributed by atoms with van der Waals surface area (Å²) in [4.78, 5) is 0. The maximum atomic E-state index is 10.4. The van der Waals surface area contributed by atoms with Gasteiger partial charge in [0.05, 0.1) is 17.8 Å². The fourth-order valence-electron chi connectivity index (χ4n) is 3.03. The molecule has 0 aliphatic heterocycles. The van der Waals surface area contributed by atoms with Crippen LogP contribution in [-0.2, 0) is 13.0 Å². The first-order chi connectivity index (χ1) is 12.6. The minimum Gasteiger partial charge on any atom is -0.508 e. The molecule has 3 aromatic rings. The molecule has 0 aliphatic rings. The van der Waals surface area contributed by atoms with Crippen LogP contribution in [0.2, 0.25) is 0 Å². The maximum Gasteiger partial charge on any atom is 0.129 e. The minimum absolute atomic E-state index is 0.0476. The zero-order chi connectivity index (χ0) is 18.5. The van der Waals surface area contributed by atoms with Crippen LogP contribution in [0, 0.1) is 0 Å². The first kappa shape index (κ1) is 17.9. The van der Waals surface area contributed by atoms with Crippen LogP contribution in [0.4, 0.5) is 0 Å². The van der Waals surface area contributed by atoms with Gasteiger partial charge in [0.15, 0.2) is 0 Å². The number of hydrogen-bond donors (Lipinski definition) is 3. The van der Waals surface area contributed by atoms with Crippen molar-refractivity contribution in [1.82, 2.24) is 9.78 Å². The van der Waals surface area contributed by atoms with E-state index in [1.165, 1.54) is 0 Å². The smallest absolute Gasteiger partial charge is 0.129 e. The van der Waals surface area contributed by atoms with E-state index in [4.69, 9.17) is 0 Å². The predicted molar refractivity (Wildman–Crippen MR) is 101 cm³/mol. The average Bonchev–Trinajstić information content (AvgIpc) is 3.05. The van der Waals surface area contributed by atoms with Crippen molar-refractivity contribution in [2.24, 2.45) is 0 Å². The van der Waals surface area contributed by atoms with Crippen molar-refractivity contribution in [2.45, 2.75) is 39.2 Å². The molecule has 0 fully saturated rings. The van der Waals surface area contributed by atoms with Crippen molar-refractivity contribution in [3.63, 3.8) is 0 Å². The summed E-state index contributed by atoms with van der Waals surface area (Å²) in [5, 5.41) is 34.6. The SMILES string of the molecule is CCCCCc1cc(O)c(-c2ccn(Cc3ccc(O)cc3)n2)c(O)c1. The highest BCUT2D eigenvalue weighted by Crippen LogP contribution is 2.37. The molecule has 2 aromatic carbocycles. The summed E-state index contributed by atoms with van der Waals surface area (Å²) in [5.74, 6) is 0.321. The molecule has 0 bridgehead atoms. The summed E-state index contributed by atoms with van der Waals surface area (Å²) in [7, 11) is 0. The quantitative estimate of drug-likeness (QED) is 0.549. The Morgan fingerprint density at radius 1 is 0.885 bits per heavy atom. The molecule has 3 rings (SSSR count). The van der Waals surface area contributed by atoms with Gasteiger partial charge in [0, 0.05) is 6.20 Å². The fourth-order valence-corrected chi connectivity index (χ4v) is 3.03.